The van der Waals surface area contributed by atoms with E-state index in [1.54, 1.807) is 18.2 Å². The Hall–Kier alpha value is -1.52. The molecule has 1 aromatic carbocycles. The molecule has 0 aliphatic rings. The topological polar surface area (TPSA) is 117 Å². The van der Waals surface area contributed by atoms with E-state index in [-0.39, 0.29) is 13.2 Å². The van der Waals surface area contributed by atoms with Crippen LogP contribution in [0.4, 0.5) is 0 Å². The average molecular weight is 432 g/mol. The molecule has 0 aliphatic heterocycles. The van der Waals surface area contributed by atoms with Crippen molar-refractivity contribution in [2.24, 2.45) is 0 Å². The van der Waals surface area contributed by atoms with Crippen molar-refractivity contribution in [1.82, 2.24) is 5.32 Å². The molecule has 0 saturated heterocycles. The van der Waals surface area contributed by atoms with E-state index in [1.807, 2.05) is 13.8 Å². The van der Waals surface area contributed by atoms with Crippen molar-refractivity contribution in [2.45, 2.75) is 49.7 Å². The number of benzene rings is 1. The number of hydrogen-bond acceptors (Lipinski definition) is 8. The minimum atomic E-state index is -1.18. The maximum Gasteiger partial charge on any atom is 0.251 e. The van der Waals surface area contributed by atoms with Gasteiger partial charge in [0.2, 0.25) is 0 Å². The van der Waals surface area contributed by atoms with Gasteiger partial charge in [0.1, 0.15) is 17.6 Å². The first-order chi connectivity index (χ1) is 13.8. The number of aliphatic hydroxyl groups excluding tert-OH is 3. The number of hydrogen-bond donors (Lipinski definition) is 5. The Kier molecular flexibility index (Phi) is 10.8. The first kappa shape index (κ1) is 25.5. The quantitative estimate of drug-likeness (QED) is 0.296. The van der Waals surface area contributed by atoms with Gasteiger partial charge < -0.3 is 34.8 Å². The van der Waals surface area contributed by atoms with E-state index in [1.165, 1.54) is 14.2 Å². The van der Waals surface area contributed by atoms with Gasteiger partial charge in [-0.15, -0.1) is 0 Å². The highest BCUT2D eigenvalue weighted by molar-refractivity contribution is 7.81. The molecule has 0 spiro atoms. The molecular formula is C20H33NO7S. The molecule has 8 nitrogen and oxygen atoms in total. The van der Waals surface area contributed by atoms with Crippen molar-refractivity contribution >= 4 is 18.5 Å². The highest BCUT2D eigenvalue weighted by Gasteiger charge is 2.36. The van der Waals surface area contributed by atoms with Crippen molar-refractivity contribution in [3.8, 4) is 11.5 Å². The Balaban J connectivity index is 2.78. The minimum absolute atomic E-state index is 0.153. The van der Waals surface area contributed by atoms with Crippen LogP contribution in [0.1, 0.15) is 37.0 Å². The van der Waals surface area contributed by atoms with E-state index in [0.29, 0.717) is 29.9 Å². The molecule has 166 valence electrons. The van der Waals surface area contributed by atoms with Gasteiger partial charge >= 0.3 is 0 Å². The van der Waals surface area contributed by atoms with Gasteiger partial charge in [0.15, 0.2) is 0 Å². The normalized spacial score (nSPS) is 14.8. The summed E-state index contributed by atoms with van der Waals surface area (Å²) >= 11 is 4.60. The van der Waals surface area contributed by atoms with E-state index >= 15 is 0 Å². The number of thiol groups is 1. The van der Waals surface area contributed by atoms with Gasteiger partial charge in [0.05, 0.1) is 39.6 Å². The molecule has 1 rings (SSSR count). The summed E-state index contributed by atoms with van der Waals surface area (Å²) in [6.45, 7) is 2.92. The summed E-state index contributed by atoms with van der Waals surface area (Å²) < 4.78 is 15.4. The van der Waals surface area contributed by atoms with Crippen molar-refractivity contribution in [1.29, 1.82) is 0 Å². The Morgan fingerprint density at radius 3 is 2.07 bits per heavy atom. The molecule has 1 amide bonds. The molecule has 3 atom stereocenters. The third-order valence-corrected chi connectivity index (χ3v) is 5.94. The molecule has 0 saturated carbocycles. The summed E-state index contributed by atoms with van der Waals surface area (Å²) in [6, 6.07) is 4.73. The molecular weight excluding hydrogens is 398 g/mol. The summed E-state index contributed by atoms with van der Waals surface area (Å²) in [4.78, 5) is 12.4. The molecule has 0 aliphatic carbocycles. The fraction of sp³-hybridized carbons (Fsp3) is 0.650. The monoisotopic (exact) mass is 431 g/mol. The van der Waals surface area contributed by atoms with Crippen LogP contribution in [0, 0.1) is 0 Å². The smallest absolute Gasteiger partial charge is 0.251 e. The number of nitrogens with one attached hydrogen (secondary N) is 1. The lowest BCUT2D eigenvalue weighted by molar-refractivity contribution is -0.120. The van der Waals surface area contributed by atoms with Gasteiger partial charge in [-0.3, -0.25) is 4.79 Å². The van der Waals surface area contributed by atoms with Crippen LogP contribution in [-0.4, -0.2) is 78.3 Å². The molecule has 0 bridgehead atoms. The van der Waals surface area contributed by atoms with E-state index in [0.717, 1.165) is 0 Å². The maximum atomic E-state index is 12.4. The van der Waals surface area contributed by atoms with Crippen LogP contribution in [0.15, 0.2) is 18.2 Å². The SMILES string of the molecule is CCC(S)(CC)[C@@H](CO)OC(CO)[C@H](O)CNC(=O)c1cc(OC)cc(OC)c1. The number of carbonyl (C=O) groups excluding carboxylic acids is 1. The Morgan fingerprint density at radius 1 is 1.10 bits per heavy atom. The highest BCUT2D eigenvalue weighted by atomic mass is 32.1. The van der Waals surface area contributed by atoms with Crippen LogP contribution in [0.2, 0.25) is 0 Å². The molecule has 0 radical (unpaired) electrons. The summed E-state index contributed by atoms with van der Waals surface area (Å²) in [7, 11) is 2.96. The van der Waals surface area contributed by atoms with E-state index in [2.05, 4.69) is 17.9 Å². The second-order valence-corrected chi connectivity index (χ2v) is 7.61. The fourth-order valence-electron chi connectivity index (χ4n) is 2.88. The molecule has 1 unspecified atom stereocenters. The van der Waals surface area contributed by atoms with Crippen molar-refractivity contribution in [3.05, 3.63) is 23.8 Å². The first-order valence-electron chi connectivity index (χ1n) is 9.57. The molecule has 0 heterocycles. The van der Waals surface area contributed by atoms with Gasteiger partial charge in [-0.05, 0) is 25.0 Å². The van der Waals surface area contributed by atoms with E-state index < -0.39 is 35.6 Å². The van der Waals surface area contributed by atoms with Crippen LogP contribution in [0.25, 0.3) is 0 Å². The van der Waals surface area contributed by atoms with Gasteiger partial charge in [-0.1, -0.05) is 13.8 Å². The van der Waals surface area contributed by atoms with Crippen LogP contribution in [-0.2, 0) is 4.74 Å². The zero-order valence-corrected chi connectivity index (χ0v) is 18.3. The Labute approximate surface area is 177 Å². The summed E-state index contributed by atoms with van der Waals surface area (Å²) in [5.74, 6) is 0.477. The molecule has 9 heteroatoms. The zero-order valence-electron chi connectivity index (χ0n) is 17.4. The third-order valence-electron chi connectivity index (χ3n) is 5.02. The molecule has 0 fully saturated rings. The summed E-state index contributed by atoms with van der Waals surface area (Å²) in [5, 5.41) is 32.3. The molecule has 0 aromatic heterocycles. The number of carbonyl (C=O) groups is 1. The zero-order chi connectivity index (χ0) is 22.0. The second kappa shape index (κ2) is 12.2. The molecule has 4 N–H and O–H groups in total. The lowest BCUT2D eigenvalue weighted by Gasteiger charge is -2.37. The fourth-order valence-corrected chi connectivity index (χ4v) is 3.02. The predicted octanol–water partition coefficient (Wildman–Crippen LogP) is 1.02. The van der Waals surface area contributed by atoms with Crippen molar-refractivity contribution in [2.75, 3.05) is 34.0 Å². The second-order valence-electron chi connectivity index (χ2n) is 6.72. The van der Waals surface area contributed by atoms with Gasteiger partial charge in [0.25, 0.3) is 5.91 Å². The minimum Gasteiger partial charge on any atom is -0.497 e. The van der Waals surface area contributed by atoms with Crippen LogP contribution in [0.3, 0.4) is 0 Å². The van der Waals surface area contributed by atoms with Gasteiger partial charge in [-0.25, -0.2) is 0 Å². The van der Waals surface area contributed by atoms with Crippen molar-refractivity contribution in [3.63, 3.8) is 0 Å². The molecule has 1 aromatic rings. The number of ether oxygens (including phenoxy) is 3. The Morgan fingerprint density at radius 2 is 1.66 bits per heavy atom. The number of amides is 1. The predicted molar refractivity (Wildman–Crippen MR) is 113 cm³/mol. The summed E-state index contributed by atoms with van der Waals surface area (Å²) in [5.41, 5.74) is 0.300. The van der Waals surface area contributed by atoms with Crippen LogP contribution in [0.5, 0.6) is 11.5 Å². The number of methoxy groups -OCH3 is 2. The highest BCUT2D eigenvalue weighted by Crippen LogP contribution is 2.30. The van der Waals surface area contributed by atoms with E-state index in [4.69, 9.17) is 14.2 Å². The number of rotatable bonds is 13. The lowest BCUT2D eigenvalue weighted by Crippen LogP contribution is -2.49. The average Bonchev–Trinajstić information content (AvgIpc) is 2.76. The first-order valence-corrected chi connectivity index (χ1v) is 10.0. The van der Waals surface area contributed by atoms with E-state index in [9.17, 15) is 20.1 Å². The lowest BCUT2D eigenvalue weighted by atomic mass is 9.95. The summed E-state index contributed by atoms with van der Waals surface area (Å²) in [6.07, 6.45) is -1.57. The van der Waals surface area contributed by atoms with Crippen molar-refractivity contribution < 1.29 is 34.3 Å². The number of aliphatic hydroxyl groups is 3. The third kappa shape index (κ3) is 7.04. The van der Waals surface area contributed by atoms with Crippen LogP contribution >= 0.6 is 12.6 Å². The largest absolute Gasteiger partial charge is 0.497 e. The van der Waals surface area contributed by atoms with Gasteiger partial charge in [0, 0.05) is 22.9 Å². The standard InChI is InChI=1S/C20H33NO7S/c1-5-20(29,6-2)18(12-23)28-17(11-22)16(24)10-21-19(25)13-7-14(26-3)9-15(8-13)27-4/h7-9,16-18,22-24,29H,5-6,10-12H2,1-4H3,(H,21,25)/t16-,17?,18-/m1/s1. The maximum absolute atomic E-state index is 12.4. The van der Waals surface area contributed by atoms with Crippen LogP contribution < -0.4 is 14.8 Å². The molecule has 29 heavy (non-hydrogen) atoms. The Bertz CT molecular complexity index is 617. The van der Waals surface area contributed by atoms with Gasteiger partial charge in [-0.2, -0.15) is 12.6 Å².